The van der Waals surface area contributed by atoms with Gasteiger partial charge in [0.2, 0.25) is 5.91 Å². The van der Waals surface area contributed by atoms with E-state index in [0.717, 1.165) is 23.5 Å². The Morgan fingerprint density at radius 2 is 1.75 bits per heavy atom. The Balaban J connectivity index is 1.93. The van der Waals surface area contributed by atoms with E-state index in [4.69, 9.17) is 4.74 Å². The molecule has 2 aromatic rings. The number of benzene rings is 1. The number of nitrogens with one attached hydrogen (secondary N) is 1. The molecule has 1 aromatic carbocycles. The molecular formula is C22H31N3O3. The summed E-state index contributed by atoms with van der Waals surface area (Å²) >= 11 is 0. The van der Waals surface area contributed by atoms with Gasteiger partial charge < -0.3 is 10.1 Å². The molecule has 0 unspecified atom stereocenters. The summed E-state index contributed by atoms with van der Waals surface area (Å²) in [5, 5.41) is 7.48. The van der Waals surface area contributed by atoms with Gasteiger partial charge in [-0.25, -0.2) is 4.79 Å². The summed E-state index contributed by atoms with van der Waals surface area (Å²) in [6.45, 7) is 12.9. The van der Waals surface area contributed by atoms with Crippen molar-refractivity contribution in [3.05, 3.63) is 46.8 Å². The third kappa shape index (κ3) is 5.94. The lowest BCUT2D eigenvalue weighted by Crippen LogP contribution is -2.14. The molecular weight excluding hydrogens is 354 g/mol. The van der Waals surface area contributed by atoms with Gasteiger partial charge in [-0.1, -0.05) is 13.8 Å². The highest BCUT2D eigenvalue weighted by molar-refractivity contribution is 5.93. The quantitative estimate of drug-likeness (QED) is 0.688. The molecule has 1 heterocycles. The van der Waals surface area contributed by atoms with Crippen LogP contribution in [0.25, 0.3) is 0 Å². The molecule has 1 N–H and O–H groups in total. The number of anilines is 1. The van der Waals surface area contributed by atoms with E-state index < -0.39 is 0 Å². The van der Waals surface area contributed by atoms with Gasteiger partial charge in [-0.05, 0) is 69.9 Å². The van der Waals surface area contributed by atoms with Gasteiger partial charge in [0.15, 0.2) is 0 Å². The van der Waals surface area contributed by atoms with E-state index in [1.807, 2.05) is 25.5 Å². The fourth-order valence-corrected chi connectivity index (χ4v) is 3.05. The highest BCUT2D eigenvalue weighted by atomic mass is 16.5. The highest BCUT2D eigenvalue weighted by Crippen LogP contribution is 2.17. The van der Waals surface area contributed by atoms with Crippen LogP contribution in [0.2, 0.25) is 0 Å². The second kappa shape index (κ2) is 9.53. The maximum absolute atomic E-state index is 12.3. The average Bonchev–Trinajstić information content (AvgIpc) is 2.86. The monoisotopic (exact) mass is 385 g/mol. The van der Waals surface area contributed by atoms with Crippen LogP contribution in [0.1, 0.15) is 61.4 Å². The molecule has 0 saturated carbocycles. The number of aromatic nitrogens is 2. The summed E-state index contributed by atoms with van der Waals surface area (Å²) < 4.78 is 7.19. The zero-order valence-electron chi connectivity index (χ0n) is 17.7. The van der Waals surface area contributed by atoms with E-state index in [2.05, 4.69) is 31.2 Å². The van der Waals surface area contributed by atoms with Gasteiger partial charge in [0.1, 0.15) is 0 Å². The Bertz CT molecular complexity index is 820. The number of aryl methyl sites for hydroxylation is 1. The van der Waals surface area contributed by atoms with Gasteiger partial charge in [0, 0.05) is 24.3 Å². The number of hydrogen-bond acceptors (Lipinski definition) is 4. The van der Waals surface area contributed by atoms with Gasteiger partial charge in [-0.3, -0.25) is 9.48 Å². The lowest BCUT2D eigenvalue weighted by Gasteiger charge is -2.09. The van der Waals surface area contributed by atoms with Crippen LogP contribution in [-0.4, -0.2) is 27.8 Å². The van der Waals surface area contributed by atoms with Crippen molar-refractivity contribution in [3.8, 4) is 0 Å². The van der Waals surface area contributed by atoms with Crippen molar-refractivity contribution in [1.82, 2.24) is 9.78 Å². The van der Waals surface area contributed by atoms with Crippen molar-refractivity contribution in [2.45, 2.75) is 67.0 Å². The van der Waals surface area contributed by atoms with Gasteiger partial charge in [0.25, 0.3) is 0 Å². The number of hydrogen-bond donors (Lipinski definition) is 1. The molecule has 6 heteroatoms. The topological polar surface area (TPSA) is 73.2 Å². The number of ether oxygens (including phenoxy) is 1. The number of amides is 1. The lowest BCUT2D eigenvalue weighted by molar-refractivity contribution is -0.116. The van der Waals surface area contributed by atoms with E-state index in [-0.39, 0.29) is 18.0 Å². The molecule has 2 rings (SSSR count). The number of carbonyl (C=O) groups is 2. The van der Waals surface area contributed by atoms with Crippen LogP contribution < -0.4 is 5.32 Å². The van der Waals surface area contributed by atoms with Gasteiger partial charge in [0.05, 0.1) is 17.4 Å². The smallest absolute Gasteiger partial charge is 0.338 e. The van der Waals surface area contributed by atoms with Crippen LogP contribution in [0.4, 0.5) is 5.69 Å². The Kier molecular flexibility index (Phi) is 7.38. The third-order valence-corrected chi connectivity index (χ3v) is 4.42. The summed E-state index contributed by atoms with van der Waals surface area (Å²) in [6, 6.07) is 6.74. The minimum atomic E-state index is -0.364. The molecule has 6 nitrogen and oxygen atoms in total. The normalized spacial score (nSPS) is 11.1. The molecule has 0 bridgehead atoms. The summed E-state index contributed by atoms with van der Waals surface area (Å²) in [7, 11) is 0. The second-order valence-electron chi connectivity index (χ2n) is 7.80. The molecule has 0 saturated heterocycles. The number of rotatable bonds is 8. The molecule has 1 amide bonds. The number of nitrogens with zero attached hydrogens (tertiary/aromatic N) is 2. The van der Waals surface area contributed by atoms with Crippen molar-refractivity contribution >= 4 is 17.6 Å². The van der Waals surface area contributed by atoms with E-state index in [9.17, 15) is 9.59 Å². The molecule has 0 radical (unpaired) electrons. The summed E-state index contributed by atoms with van der Waals surface area (Å²) in [4.78, 5) is 24.2. The zero-order chi connectivity index (χ0) is 20.8. The van der Waals surface area contributed by atoms with Crippen LogP contribution in [0.5, 0.6) is 0 Å². The minimum absolute atomic E-state index is 0.0621. The lowest BCUT2D eigenvalue weighted by atomic mass is 10.1. The minimum Gasteiger partial charge on any atom is -0.459 e. The van der Waals surface area contributed by atoms with E-state index in [0.29, 0.717) is 30.0 Å². The molecule has 28 heavy (non-hydrogen) atoms. The van der Waals surface area contributed by atoms with Crippen molar-refractivity contribution < 1.29 is 14.3 Å². The number of carbonyl (C=O) groups excluding carboxylic acids is 2. The van der Waals surface area contributed by atoms with Gasteiger partial charge in [-0.2, -0.15) is 5.10 Å². The van der Waals surface area contributed by atoms with Crippen LogP contribution >= 0.6 is 0 Å². The predicted octanol–water partition coefficient (Wildman–Crippen LogP) is 4.29. The Morgan fingerprint density at radius 3 is 2.32 bits per heavy atom. The highest BCUT2D eigenvalue weighted by Gasteiger charge is 2.14. The molecule has 1 aromatic heterocycles. The maximum atomic E-state index is 12.3. The van der Waals surface area contributed by atoms with Crippen molar-refractivity contribution in [3.63, 3.8) is 0 Å². The molecule has 152 valence electrons. The summed E-state index contributed by atoms with van der Waals surface area (Å²) in [5.74, 6) is 0.0973. The SMILES string of the molecule is Cc1nn(CC(C)C)c(C)c1CCC(=O)Nc1ccc(C(=O)OC(C)C)cc1. The Hall–Kier alpha value is -2.63. The van der Waals surface area contributed by atoms with Gasteiger partial charge in [-0.15, -0.1) is 0 Å². The average molecular weight is 386 g/mol. The number of esters is 1. The summed E-state index contributed by atoms with van der Waals surface area (Å²) in [5.41, 5.74) is 4.39. The third-order valence-electron chi connectivity index (χ3n) is 4.42. The molecule has 0 fully saturated rings. The van der Waals surface area contributed by atoms with E-state index in [1.54, 1.807) is 24.3 Å². The van der Waals surface area contributed by atoms with Crippen molar-refractivity contribution in [2.75, 3.05) is 5.32 Å². The van der Waals surface area contributed by atoms with Crippen molar-refractivity contribution in [2.24, 2.45) is 5.92 Å². The van der Waals surface area contributed by atoms with E-state index in [1.165, 1.54) is 0 Å². The summed E-state index contributed by atoms with van der Waals surface area (Å²) in [6.07, 6.45) is 0.871. The Morgan fingerprint density at radius 1 is 1.11 bits per heavy atom. The molecule has 0 aliphatic carbocycles. The van der Waals surface area contributed by atoms with Crippen molar-refractivity contribution in [1.29, 1.82) is 0 Å². The van der Waals surface area contributed by atoms with Crippen LogP contribution in [-0.2, 0) is 22.5 Å². The van der Waals surface area contributed by atoms with Crippen LogP contribution in [0.15, 0.2) is 24.3 Å². The second-order valence-corrected chi connectivity index (χ2v) is 7.80. The maximum Gasteiger partial charge on any atom is 0.338 e. The van der Waals surface area contributed by atoms with Gasteiger partial charge >= 0.3 is 5.97 Å². The largest absolute Gasteiger partial charge is 0.459 e. The predicted molar refractivity (Wildman–Crippen MR) is 110 cm³/mol. The standard InChI is InChI=1S/C22H31N3O3/c1-14(2)13-25-17(6)20(16(5)24-25)11-12-21(26)23-19-9-7-18(8-10-19)22(27)28-15(3)4/h7-10,14-15H,11-13H2,1-6H3,(H,23,26). The Labute approximate surface area is 167 Å². The molecule has 0 spiro atoms. The van der Waals surface area contributed by atoms with E-state index >= 15 is 0 Å². The first-order chi connectivity index (χ1) is 13.2. The first-order valence-corrected chi connectivity index (χ1v) is 9.81. The van der Waals surface area contributed by atoms with Crippen LogP contribution in [0.3, 0.4) is 0 Å². The fourth-order valence-electron chi connectivity index (χ4n) is 3.05. The first-order valence-electron chi connectivity index (χ1n) is 9.81. The molecule has 0 atom stereocenters. The zero-order valence-corrected chi connectivity index (χ0v) is 17.7. The first kappa shape index (κ1) is 21.7. The van der Waals surface area contributed by atoms with Crippen LogP contribution in [0, 0.1) is 19.8 Å². The molecule has 0 aliphatic heterocycles. The fraction of sp³-hybridized carbons (Fsp3) is 0.500. The molecule has 0 aliphatic rings.